The van der Waals surface area contributed by atoms with Gasteiger partial charge in [-0.05, 0) is 32.3 Å². The van der Waals surface area contributed by atoms with E-state index in [1.165, 1.54) is 0 Å². The Morgan fingerprint density at radius 1 is 1.50 bits per heavy atom. The largest absolute Gasteiger partial charge is 0.472 e. The first-order chi connectivity index (χ1) is 10.6. The summed E-state index contributed by atoms with van der Waals surface area (Å²) < 4.78 is 5.16. The topological polar surface area (TPSA) is 62.6 Å². The lowest BCUT2D eigenvalue weighted by Crippen LogP contribution is -2.50. The summed E-state index contributed by atoms with van der Waals surface area (Å²) in [6.45, 7) is 4.02. The van der Waals surface area contributed by atoms with Crippen molar-refractivity contribution in [2.24, 2.45) is 5.92 Å². The highest BCUT2D eigenvalue weighted by atomic mass is 32.2. The van der Waals surface area contributed by atoms with Crippen LogP contribution in [0, 0.1) is 5.92 Å². The zero-order chi connectivity index (χ0) is 15.7. The molecule has 1 saturated carbocycles. The van der Waals surface area contributed by atoms with Gasteiger partial charge in [0.15, 0.2) is 0 Å². The van der Waals surface area contributed by atoms with Crippen LogP contribution >= 0.6 is 11.8 Å². The molecule has 3 rings (SSSR count). The number of hydrogen-bond donors (Lipinski definition) is 1. The van der Waals surface area contributed by atoms with Crippen LogP contribution in [0.4, 0.5) is 0 Å². The Morgan fingerprint density at radius 2 is 2.27 bits per heavy atom. The molecule has 2 amide bonds. The van der Waals surface area contributed by atoms with Crippen LogP contribution in [0.3, 0.4) is 0 Å². The third kappa shape index (κ3) is 3.02. The van der Waals surface area contributed by atoms with E-state index in [0.29, 0.717) is 5.75 Å². The van der Waals surface area contributed by atoms with Crippen molar-refractivity contribution in [3.05, 3.63) is 24.2 Å². The van der Waals surface area contributed by atoms with Gasteiger partial charge in [0.2, 0.25) is 11.8 Å². The van der Waals surface area contributed by atoms with Crippen molar-refractivity contribution in [2.45, 2.75) is 50.6 Å². The number of thioether (sulfide) groups is 1. The number of hydrogen-bond acceptors (Lipinski definition) is 4. The van der Waals surface area contributed by atoms with Crippen LogP contribution < -0.4 is 5.32 Å². The molecule has 6 heteroatoms. The maximum absolute atomic E-state index is 12.7. The predicted molar refractivity (Wildman–Crippen MR) is 85.2 cm³/mol. The van der Waals surface area contributed by atoms with Crippen molar-refractivity contribution in [1.82, 2.24) is 10.2 Å². The van der Waals surface area contributed by atoms with Gasteiger partial charge in [0, 0.05) is 23.3 Å². The van der Waals surface area contributed by atoms with Gasteiger partial charge in [-0.15, -0.1) is 11.8 Å². The average molecular weight is 322 g/mol. The quantitative estimate of drug-likeness (QED) is 0.905. The second kappa shape index (κ2) is 6.36. The number of amides is 2. The third-order valence-electron chi connectivity index (χ3n) is 4.31. The lowest BCUT2D eigenvalue weighted by molar-refractivity contribution is -0.141. The van der Waals surface area contributed by atoms with Crippen LogP contribution in [-0.2, 0) is 9.59 Å². The minimum absolute atomic E-state index is 0.0400. The molecule has 0 aromatic carbocycles. The van der Waals surface area contributed by atoms with Crippen molar-refractivity contribution in [2.75, 3.05) is 5.75 Å². The zero-order valence-electron chi connectivity index (χ0n) is 13.0. The van der Waals surface area contributed by atoms with Crippen LogP contribution in [0.25, 0.3) is 0 Å². The Bertz CT molecular complexity index is 542. The van der Waals surface area contributed by atoms with Crippen LogP contribution in [0.5, 0.6) is 0 Å². The van der Waals surface area contributed by atoms with Crippen LogP contribution in [0.1, 0.15) is 44.0 Å². The first kappa shape index (κ1) is 15.5. The van der Waals surface area contributed by atoms with E-state index in [2.05, 4.69) is 5.32 Å². The normalized spacial score (nSPS) is 26.0. The number of carbonyl (C=O) groups excluding carboxylic acids is 2. The van der Waals surface area contributed by atoms with Crippen molar-refractivity contribution in [1.29, 1.82) is 0 Å². The van der Waals surface area contributed by atoms with Gasteiger partial charge in [-0.1, -0.05) is 6.92 Å². The average Bonchev–Trinajstić information content (AvgIpc) is 3.04. The smallest absolute Gasteiger partial charge is 0.243 e. The van der Waals surface area contributed by atoms with E-state index in [1.807, 2.05) is 19.9 Å². The van der Waals surface area contributed by atoms with Crippen molar-refractivity contribution in [3.8, 4) is 0 Å². The molecule has 120 valence electrons. The highest BCUT2D eigenvalue weighted by molar-refractivity contribution is 7.99. The summed E-state index contributed by atoms with van der Waals surface area (Å²) in [6.07, 6.45) is 6.05. The molecular weight excluding hydrogens is 300 g/mol. The standard InChI is InChI=1S/C16H22N2O3S/c1-3-10(2)17-14(19)13-9-22-16(12-6-7-21-8-12)18(13)15(20)11-4-5-11/h6-8,10-11,13,16H,3-5,9H2,1-2H3,(H,17,19). The third-order valence-corrected chi connectivity index (χ3v) is 5.64. The number of rotatable bonds is 5. The van der Waals surface area contributed by atoms with Crippen LogP contribution in [0.15, 0.2) is 23.0 Å². The molecular formula is C16H22N2O3S. The number of nitrogens with zero attached hydrogens (tertiary/aromatic N) is 1. The zero-order valence-corrected chi connectivity index (χ0v) is 13.8. The van der Waals surface area contributed by atoms with Gasteiger partial charge in [0.05, 0.1) is 12.5 Å². The molecule has 0 radical (unpaired) electrons. The van der Waals surface area contributed by atoms with Gasteiger partial charge >= 0.3 is 0 Å². The summed E-state index contributed by atoms with van der Waals surface area (Å²) in [4.78, 5) is 27.0. The molecule has 3 atom stereocenters. The number of nitrogens with one attached hydrogen (secondary N) is 1. The van der Waals surface area contributed by atoms with E-state index < -0.39 is 0 Å². The van der Waals surface area contributed by atoms with Gasteiger partial charge in [0.1, 0.15) is 11.4 Å². The van der Waals surface area contributed by atoms with E-state index in [1.54, 1.807) is 29.2 Å². The molecule has 2 aliphatic rings. The van der Waals surface area contributed by atoms with Crippen LogP contribution in [-0.4, -0.2) is 34.6 Å². The first-order valence-corrected chi connectivity index (χ1v) is 8.93. The molecule has 1 aliphatic heterocycles. The van der Waals surface area contributed by atoms with Crippen LogP contribution in [0.2, 0.25) is 0 Å². The van der Waals surface area contributed by atoms with E-state index in [9.17, 15) is 9.59 Å². The van der Waals surface area contributed by atoms with Gasteiger partial charge in [-0.2, -0.15) is 0 Å². The molecule has 3 unspecified atom stereocenters. The first-order valence-electron chi connectivity index (χ1n) is 7.88. The van der Waals surface area contributed by atoms with Gasteiger partial charge in [0.25, 0.3) is 0 Å². The maximum atomic E-state index is 12.7. The highest BCUT2D eigenvalue weighted by Gasteiger charge is 2.46. The van der Waals surface area contributed by atoms with E-state index >= 15 is 0 Å². The second-order valence-electron chi connectivity index (χ2n) is 6.10. The fraction of sp³-hybridized carbons (Fsp3) is 0.625. The summed E-state index contributed by atoms with van der Waals surface area (Å²) in [7, 11) is 0. The number of carbonyl (C=O) groups is 2. The van der Waals surface area contributed by atoms with Gasteiger partial charge in [-0.25, -0.2) is 0 Å². The summed E-state index contributed by atoms with van der Waals surface area (Å²) in [5.41, 5.74) is 0.956. The highest BCUT2D eigenvalue weighted by Crippen LogP contribution is 2.45. The van der Waals surface area contributed by atoms with E-state index in [0.717, 1.165) is 24.8 Å². The summed E-state index contributed by atoms with van der Waals surface area (Å²) in [5.74, 6) is 0.811. The molecule has 1 aromatic rings. The van der Waals surface area contributed by atoms with Crippen molar-refractivity contribution < 1.29 is 14.0 Å². The molecule has 0 spiro atoms. The molecule has 22 heavy (non-hydrogen) atoms. The van der Waals surface area contributed by atoms with Crippen molar-refractivity contribution in [3.63, 3.8) is 0 Å². The Labute approximate surface area is 134 Å². The Kier molecular flexibility index (Phi) is 4.47. The number of furan rings is 1. The molecule has 1 aromatic heterocycles. The molecule has 2 heterocycles. The Hall–Kier alpha value is -1.43. The lowest BCUT2D eigenvalue weighted by Gasteiger charge is -2.29. The predicted octanol–water partition coefficient (Wildman–Crippen LogP) is 2.55. The van der Waals surface area contributed by atoms with Gasteiger partial charge < -0.3 is 14.6 Å². The molecule has 1 N–H and O–H groups in total. The fourth-order valence-corrected chi connectivity index (χ4v) is 4.05. The fourth-order valence-electron chi connectivity index (χ4n) is 2.63. The minimum Gasteiger partial charge on any atom is -0.472 e. The summed E-state index contributed by atoms with van der Waals surface area (Å²) in [5, 5.41) is 2.90. The molecule has 0 bridgehead atoms. The SMILES string of the molecule is CCC(C)NC(=O)C1CSC(c2ccoc2)N1C(=O)C1CC1. The summed E-state index contributed by atoms with van der Waals surface area (Å²) >= 11 is 1.64. The Morgan fingerprint density at radius 3 is 2.86 bits per heavy atom. The van der Waals surface area contributed by atoms with E-state index in [4.69, 9.17) is 4.42 Å². The molecule has 2 fully saturated rings. The Balaban J connectivity index is 1.80. The second-order valence-corrected chi connectivity index (χ2v) is 7.21. The molecule has 1 saturated heterocycles. The summed E-state index contributed by atoms with van der Waals surface area (Å²) in [6, 6.07) is 1.62. The van der Waals surface area contributed by atoms with Crippen molar-refractivity contribution >= 4 is 23.6 Å². The molecule has 5 nitrogen and oxygen atoms in total. The lowest BCUT2D eigenvalue weighted by atomic mass is 10.1. The minimum atomic E-state index is -0.382. The monoisotopic (exact) mass is 322 g/mol. The maximum Gasteiger partial charge on any atom is 0.243 e. The molecule has 1 aliphatic carbocycles. The van der Waals surface area contributed by atoms with E-state index in [-0.39, 0.29) is 35.2 Å². The van der Waals surface area contributed by atoms with Gasteiger partial charge in [-0.3, -0.25) is 9.59 Å².